The highest BCUT2D eigenvalue weighted by Gasteiger charge is 2.17. The van der Waals surface area contributed by atoms with Crippen molar-refractivity contribution in [2.75, 3.05) is 12.8 Å². The fourth-order valence-corrected chi connectivity index (χ4v) is 3.83. The molecule has 0 N–H and O–H groups in total. The third-order valence-corrected chi connectivity index (χ3v) is 5.62. The van der Waals surface area contributed by atoms with Crippen LogP contribution in [-0.4, -0.2) is 38.4 Å². The fraction of sp³-hybridized carbons (Fsp3) is 0.278. The predicted octanol–water partition coefficient (Wildman–Crippen LogP) is 4.07. The van der Waals surface area contributed by atoms with E-state index in [4.69, 9.17) is 4.42 Å². The summed E-state index contributed by atoms with van der Waals surface area (Å²) in [5.74, 6) is 1.69. The molecule has 0 aliphatic rings. The summed E-state index contributed by atoms with van der Waals surface area (Å²) in [7, 11) is 1.81. The molecule has 0 radical (unpaired) electrons. The molecule has 3 aromatic rings. The first-order valence-electron chi connectivity index (χ1n) is 8.17. The first kappa shape index (κ1) is 18.7. The molecular weight excluding hydrogens is 416 g/mol. The molecule has 1 amide bonds. The van der Waals surface area contributed by atoms with Crippen LogP contribution in [0.25, 0.3) is 11.6 Å². The molecule has 3 rings (SSSR count). The van der Waals surface area contributed by atoms with Crippen molar-refractivity contribution < 1.29 is 9.21 Å². The molecule has 136 valence electrons. The minimum Gasteiger partial charge on any atom is -0.461 e. The highest BCUT2D eigenvalue weighted by molar-refractivity contribution is 9.10. The Morgan fingerprint density at radius 3 is 2.77 bits per heavy atom. The maximum absolute atomic E-state index is 12.5. The molecule has 0 saturated carbocycles. The number of thioether (sulfide) groups is 1. The number of hydrogen-bond donors (Lipinski definition) is 0. The molecule has 0 saturated heterocycles. The lowest BCUT2D eigenvalue weighted by atomic mass is 10.2. The number of carbonyl (C=O) groups is 1. The lowest BCUT2D eigenvalue weighted by Gasteiger charge is -2.18. The number of benzene rings is 1. The number of rotatable bonds is 7. The van der Waals surface area contributed by atoms with Crippen molar-refractivity contribution in [3.05, 3.63) is 52.7 Å². The maximum atomic E-state index is 12.5. The third-order valence-electron chi connectivity index (χ3n) is 3.89. The zero-order chi connectivity index (χ0) is 18.5. The Bertz CT molecular complexity index is 879. The Hall–Kier alpha value is -2.06. The van der Waals surface area contributed by atoms with Gasteiger partial charge in [-0.3, -0.25) is 9.36 Å². The van der Waals surface area contributed by atoms with Crippen LogP contribution in [0.5, 0.6) is 0 Å². The monoisotopic (exact) mass is 434 g/mol. The van der Waals surface area contributed by atoms with E-state index in [0.29, 0.717) is 35.6 Å². The van der Waals surface area contributed by atoms with Gasteiger partial charge in [0.1, 0.15) is 0 Å². The molecule has 0 aliphatic heterocycles. The average Bonchev–Trinajstić information content (AvgIpc) is 3.30. The number of halogens is 1. The van der Waals surface area contributed by atoms with E-state index in [1.54, 1.807) is 18.2 Å². The second-order valence-electron chi connectivity index (χ2n) is 5.66. The summed E-state index contributed by atoms with van der Waals surface area (Å²) in [5, 5.41) is 9.12. The van der Waals surface area contributed by atoms with Crippen molar-refractivity contribution >= 4 is 33.6 Å². The van der Waals surface area contributed by atoms with E-state index in [2.05, 4.69) is 26.1 Å². The molecule has 0 fully saturated rings. The van der Waals surface area contributed by atoms with Gasteiger partial charge in [0.25, 0.3) is 0 Å². The van der Waals surface area contributed by atoms with Crippen LogP contribution in [0, 0.1) is 0 Å². The molecule has 6 nitrogen and oxygen atoms in total. The number of amides is 1. The number of carbonyl (C=O) groups excluding carboxylic acids is 1. The smallest absolute Gasteiger partial charge is 0.233 e. The van der Waals surface area contributed by atoms with Crippen molar-refractivity contribution in [2.24, 2.45) is 0 Å². The Morgan fingerprint density at radius 1 is 1.27 bits per heavy atom. The molecule has 0 unspecified atom stereocenters. The number of nitrogens with zero attached hydrogens (tertiary/aromatic N) is 4. The summed E-state index contributed by atoms with van der Waals surface area (Å²) in [6, 6.07) is 11.6. The summed E-state index contributed by atoms with van der Waals surface area (Å²) >= 11 is 4.90. The van der Waals surface area contributed by atoms with Crippen LogP contribution in [0.4, 0.5) is 0 Å². The second kappa shape index (κ2) is 8.55. The molecule has 2 heterocycles. The number of hydrogen-bond acceptors (Lipinski definition) is 5. The Kier molecular flexibility index (Phi) is 6.16. The average molecular weight is 435 g/mol. The van der Waals surface area contributed by atoms with Gasteiger partial charge in [0.05, 0.1) is 12.0 Å². The van der Waals surface area contributed by atoms with Gasteiger partial charge in [0, 0.05) is 24.6 Å². The Morgan fingerprint density at radius 2 is 2.08 bits per heavy atom. The van der Waals surface area contributed by atoms with Gasteiger partial charge in [-0.25, -0.2) is 0 Å². The molecule has 1 aromatic carbocycles. The summed E-state index contributed by atoms with van der Waals surface area (Å²) in [4.78, 5) is 14.2. The van der Waals surface area contributed by atoms with Gasteiger partial charge in [-0.1, -0.05) is 45.9 Å². The van der Waals surface area contributed by atoms with Crippen LogP contribution in [-0.2, 0) is 17.9 Å². The van der Waals surface area contributed by atoms with E-state index in [9.17, 15) is 4.79 Å². The molecule has 8 heteroatoms. The SMILES string of the molecule is CCn1c(SCC(=O)N(C)Cc2ccccc2Br)nnc1-c1ccco1. The van der Waals surface area contributed by atoms with Crippen molar-refractivity contribution in [2.45, 2.75) is 25.2 Å². The van der Waals surface area contributed by atoms with Gasteiger partial charge in [-0.15, -0.1) is 10.2 Å². The van der Waals surface area contributed by atoms with E-state index in [1.165, 1.54) is 11.8 Å². The van der Waals surface area contributed by atoms with Crippen molar-refractivity contribution in [1.29, 1.82) is 0 Å². The highest BCUT2D eigenvalue weighted by Crippen LogP contribution is 2.24. The summed E-state index contributed by atoms with van der Waals surface area (Å²) in [5.41, 5.74) is 1.07. The number of furan rings is 1. The van der Waals surface area contributed by atoms with E-state index < -0.39 is 0 Å². The van der Waals surface area contributed by atoms with E-state index in [0.717, 1.165) is 10.0 Å². The normalized spacial score (nSPS) is 10.9. The predicted molar refractivity (Wildman–Crippen MR) is 105 cm³/mol. The zero-order valence-corrected chi connectivity index (χ0v) is 17.0. The van der Waals surface area contributed by atoms with Crippen LogP contribution in [0.3, 0.4) is 0 Å². The van der Waals surface area contributed by atoms with Crippen molar-refractivity contribution in [3.63, 3.8) is 0 Å². The minimum atomic E-state index is 0.0379. The van der Waals surface area contributed by atoms with Crippen LogP contribution >= 0.6 is 27.7 Å². The lowest BCUT2D eigenvalue weighted by molar-refractivity contribution is -0.127. The van der Waals surface area contributed by atoms with Crippen LogP contribution in [0.15, 0.2) is 56.7 Å². The third kappa shape index (κ3) is 4.19. The van der Waals surface area contributed by atoms with Gasteiger partial charge in [-0.2, -0.15) is 0 Å². The second-order valence-corrected chi connectivity index (χ2v) is 7.45. The highest BCUT2D eigenvalue weighted by atomic mass is 79.9. The van der Waals surface area contributed by atoms with Crippen molar-refractivity contribution in [1.82, 2.24) is 19.7 Å². The van der Waals surface area contributed by atoms with Crippen LogP contribution < -0.4 is 0 Å². The minimum absolute atomic E-state index is 0.0379. The van der Waals surface area contributed by atoms with E-state index in [-0.39, 0.29) is 5.91 Å². The van der Waals surface area contributed by atoms with Gasteiger partial charge in [0.15, 0.2) is 16.7 Å². The standard InChI is InChI=1S/C18H19BrN4O2S/c1-3-23-17(15-9-6-10-25-15)20-21-18(23)26-12-16(24)22(2)11-13-7-4-5-8-14(13)19/h4-10H,3,11-12H2,1-2H3. The van der Waals surface area contributed by atoms with E-state index >= 15 is 0 Å². The van der Waals surface area contributed by atoms with Crippen LogP contribution in [0.2, 0.25) is 0 Å². The molecular formula is C18H19BrN4O2S. The van der Waals surface area contributed by atoms with Gasteiger partial charge in [0.2, 0.25) is 5.91 Å². The van der Waals surface area contributed by atoms with E-state index in [1.807, 2.05) is 47.9 Å². The molecule has 0 atom stereocenters. The Balaban J connectivity index is 1.63. The summed E-state index contributed by atoms with van der Waals surface area (Å²) in [6.07, 6.45) is 1.61. The first-order chi connectivity index (χ1) is 12.6. The first-order valence-corrected chi connectivity index (χ1v) is 9.95. The van der Waals surface area contributed by atoms with Gasteiger partial charge in [-0.05, 0) is 30.7 Å². The maximum Gasteiger partial charge on any atom is 0.233 e. The summed E-state index contributed by atoms with van der Waals surface area (Å²) < 4.78 is 8.35. The van der Waals surface area contributed by atoms with Gasteiger partial charge < -0.3 is 9.32 Å². The lowest BCUT2D eigenvalue weighted by Crippen LogP contribution is -2.28. The molecule has 26 heavy (non-hydrogen) atoms. The molecule has 2 aromatic heterocycles. The Labute approximate surface area is 164 Å². The topological polar surface area (TPSA) is 64.2 Å². The molecule has 0 spiro atoms. The van der Waals surface area contributed by atoms with Gasteiger partial charge >= 0.3 is 0 Å². The largest absolute Gasteiger partial charge is 0.461 e. The summed E-state index contributed by atoms with van der Waals surface area (Å²) in [6.45, 7) is 3.27. The fourth-order valence-electron chi connectivity index (χ4n) is 2.48. The zero-order valence-electron chi connectivity index (χ0n) is 14.6. The molecule has 0 aliphatic carbocycles. The van der Waals surface area contributed by atoms with Crippen LogP contribution in [0.1, 0.15) is 12.5 Å². The molecule has 0 bridgehead atoms. The number of aromatic nitrogens is 3. The quantitative estimate of drug-likeness (QED) is 0.524. The van der Waals surface area contributed by atoms with Crippen molar-refractivity contribution in [3.8, 4) is 11.6 Å².